The molecule has 0 unspecified atom stereocenters. The van der Waals surface area contributed by atoms with Gasteiger partial charge in [0.2, 0.25) is 10.0 Å². The molecule has 0 aliphatic heterocycles. The van der Waals surface area contributed by atoms with Crippen molar-refractivity contribution in [3.63, 3.8) is 0 Å². The van der Waals surface area contributed by atoms with Gasteiger partial charge >= 0.3 is 0 Å². The number of rotatable bonds is 6. The lowest BCUT2D eigenvalue weighted by Crippen LogP contribution is -2.33. The van der Waals surface area contributed by atoms with Gasteiger partial charge in [-0.3, -0.25) is 0 Å². The van der Waals surface area contributed by atoms with Gasteiger partial charge in [-0.05, 0) is 30.0 Å². The highest BCUT2D eigenvalue weighted by molar-refractivity contribution is 7.89. The SMILES string of the molecule is Cc1ccc(C(C)C)c(OCC(C)(C)CS(N)(=O)=O)c1. The summed E-state index contributed by atoms with van der Waals surface area (Å²) >= 11 is 0. The van der Waals surface area contributed by atoms with Crippen LogP contribution < -0.4 is 9.88 Å². The Hall–Kier alpha value is -1.07. The van der Waals surface area contributed by atoms with Gasteiger partial charge in [0.1, 0.15) is 5.75 Å². The van der Waals surface area contributed by atoms with E-state index in [1.54, 1.807) is 0 Å². The molecule has 20 heavy (non-hydrogen) atoms. The second-order valence-corrected chi connectivity index (χ2v) is 8.07. The summed E-state index contributed by atoms with van der Waals surface area (Å²) in [6, 6.07) is 6.10. The van der Waals surface area contributed by atoms with Crippen molar-refractivity contribution in [2.45, 2.75) is 40.5 Å². The number of hydrogen-bond donors (Lipinski definition) is 1. The summed E-state index contributed by atoms with van der Waals surface area (Å²) in [5.74, 6) is 1.08. The third kappa shape index (κ3) is 5.51. The predicted molar refractivity (Wildman–Crippen MR) is 82.5 cm³/mol. The average Bonchev–Trinajstić information content (AvgIpc) is 2.22. The average molecular weight is 299 g/mol. The van der Waals surface area contributed by atoms with Crippen LogP contribution in [-0.2, 0) is 10.0 Å². The van der Waals surface area contributed by atoms with Gasteiger partial charge in [-0.2, -0.15) is 0 Å². The first-order chi connectivity index (χ1) is 9.00. The van der Waals surface area contributed by atoms with E-state index in [1.807, 2.05) is 26.8 Å². The van der Waals surface area contributed by atoms with Crippen LogP contribution >= 0.6 is 0 Å². The van der Waals surface area contributed by atoms with Gasteiger partial charge in [-0.1, -0.05) is 39.8 Å². The number of benzene rings is 1. The Labute approximate surface area is 122 Å². The van der Waals surface area contributed by atoms with Gasteiger partial charge in [-0.25, -0.2) is 13.6 Å². The quantitative estimate of drug-likeness (QED) is 0.878. The molecule has 0 heterocycles. The lowest BCUT2D eigenvalue weighted by Gasteiger charge is -2.25. The largest absolute Gasteiger partial charge is 0.493 e. The monoisotopic (exact) mass is 299 g/mol. The van der Waals surface area contributed by atoms with E-state index in [4.69, 9.17) is 9.88 Å². The smallest absolute Gasteiger partial charge is 0.209 e. The van der Waals surface area contributed by atoms with E-state index < -0.39 is 15.4 Å². The van der Waals surface area contributed by atoms with Crippen LogP contribution in [0, 0.1) is 12.3 Å². The summed E-state index contributed by atoms with van der Waals surface area (Å²) in [5.41, 5.74) is 1.72. The van der Waals surface area contributed by atoms with E-state index >= 15 is 0 Å². The number of primary sulfonamides is 1. The zero-order valence-electron chi connectivity index (χ0n) is 12.9. The Kier molecular flexibility index (Phi) is 5.21. The zero-order chi connectivity index (χ0) is 15.6. The molecule has 0 saturated carbocycles. The number of hydrogen-bond acceptors (Lipinski definition) is 3. The van der Waals surface area contributed by atoms with E-state index in [9.17, 15) is 8.42 Å². The molecule has 0 radical (unpaired) electrons. The fraction of sp³-hybridized carbons (Fsp3) is 0.600. The van der Waals surface area contributed by atoms with E-state index in [2.05, 4.69) is 26.0 Å². The number of nitrogens with two attached hydrogens (primary N) is 1. The molecule has 1 aromatic rings. The molecule has 114 valence electrons. The lowest BCUT2D eigenvalue weighted by molar-refractivity contribution is 0.198. The van der Waals surface area contributed by atoms with Crippen molar-refractivity contribution in [2.75, 3.05) is 12.4 Å². The molecule has 2 N–H and O–H groups in total. The normalized spacial score (nSPS) is 12.8. The van der Waals surface area contributed by atoms with Crippen molar-refractivity contribution in [1.82, 2.24) is 0 Å². The molecule has 4 nitrogen and oxygen atoms in total. The van der Waals surface area contributed by atoms with E-state index in [-0.39, 0.29) is 5.75 Å². The van der Waals surface area contributed by atoms with Gasteiger partial charge in [0, 0.05) is 5.41 Å². The van der Waals surface area contributed by atoms with Crippen molar-refractivity contribution < 1.29 is 13.2 Å². The molecule has 1 aromatic carbocycles. The fourth-order valence-corrected chi connectivity index (χ4v) is 3.28. The van der Waals surface area contributed by atoms with Crippen LogP contribution in [0.1, 0.15) is 44.7 Å². The van der Waals surface area contributed by atoms with Crippen LogP contribution in [0.5, 0.6) is 5.75 Å². The Morgan fingerprint density at radius 3 is 2.40 bits per heavy atom. The Balaban J connectivity index is 2.86. The minimum atomic E-state index is -3.50. The van der Waals surface area contributed by atoms with Gasteiger partial charge in [0.05, 0.1) is 12.4 Å². The summed E-state index contributed by atoms with van der Waals surface area (Å²) < 4.78 is 28.3. The Morgan fingerprint density at radius 1 is 1.30 bits per heavy atom. The molecule has 0 aromatic heterocycles. The predicted octanol–water partition coefficient (Wildman–Crippen LogP) is 2.81. The van der Waals surface area contributed by atoms with Gasteiger partial charge in [-0.15, -0.1) is 0 Å². The highest BCUT2D eigenvalue weighted by Crippen LogP contribution is 2.29. The van der Waals surface area contributed by atoms with Crippen molar-refractivity contribution in [3.8, 4) is 5.75 Å². The first-order valence-corrected chi connectivity index (χ1v) is 8.45. The Bertz CT molecular complexity index is 562. The molecule has 1 rings (SSSR count). The fourth-order valence-electron chi connectivity index (χ4n) is 2.10. The molecule has 0 spiro atoms. The maximum atomic E-state index is 11.2. The summed E-state index contributed by atoms with van der Waals surface area (Å²) in [5, 5.41) is 5.11. The molecule has 0 bridgehead atoms. The highest BCUT2D eigenvalue weighted by atomic mass is 32.2. The molecule has 0 aliphatic rings. The summed E-state index contributed by atoms with van der Waals surface area (Å²) in [6.45, 7) is 10.2. The van der Waals surface area contributed by atoms with Crippen LogP contribution in [0.4, 0.5) is 0 Å². The molecule has 0 aliphatic carbocycles. The second kappa shape index (κ2) is 6.14. The van der Waals surface area contributed by atoms with Crippen LogP contribution in [0.25, 0.3) is 0 Å². The maximum absolute atomic E-state index is 11.2. The van der Waals surface area contributed by atoms with Gasteiger partial charge in [0.25, 0.3) is 0 Å². The minimum Gasteiger partial charge on any atom is -0.493 e. The van der Waals surface area contributed by atoms with Gasteiger partial charge in [0.15, 0.2) is 0 Å². The molecule has 0 saturated heterocycles. The van der Waals surface area contributed by atoms with Crippen LogP contribution in [-0.4, -0.2) is 20.8 Å². The van der Waals surface area contributed by atoms with E-state index in [0.29, 0.717) is 12.5 Å². The van der Waals surface area contributed by atoms with Crippen LogP contribution in [0.3, 0.4) is 0 Å². The summed E-state index contributed by atoms with van der Waals surface area (Å²) in [7, 11) is -3.50. The van der Waals surface area contributed by atoms with Crippen molar-refractivity contribution in [2.24, 2.45) is 10.6 Å². The standard InChI is InChI=1S/C15H25NO3S/c1-11(2)13-7-6-12(3)8-14(13)19-9-15(4,5)10-20(16,17)18/h6-8,11H,9-10H2,1-5H3,(H2,16,17,18). The molecule has 5 heteroatoms. The van der Waals surface area contributed by atoms with Gasteiger partial charge < -0.3 is 4.74 Å². The molecular weight excluding hydrogens is 274 g/mol. The first kappa shape index (κ1) is 17.0. The lowest BCUT2D eigenvalue weighted by atomic mass is 9.97. The zero-order valence-corrected chi connectivity index (χ0v) is 13.8. The Morgan fingerprint density at radius 2 is 1.90 bits per heavy atom. The maximum Gasteiger partial charge on any atom is 0.209 e. The van der Waals surface area contributed by atoms with Crippen molar-refractivity contribution >= 4 is 10.0 Å². The summed E-state index contributed by atoms with van der Waals surface area (Å²) in [6.07, 6.45) is 0. The molecule has 0 fully saturated rings. The highest BCUT2D eigenvalue weighted by Gasteiger charge is 2.25. The molecule has 0 atom stereocenters. The van der Waals surface area contributed by atoms with E-state index in [0.717, 1.165) is 16.9 Å². The first-order valence-electron chi connectivity index (χ1n) is 6.74. The van der Waals surface area contributed by atoms with E-state index in [1.165, 1.54) is 0 Å². The van der Waals surface area contributed by atoms with Crippen LogP contribution in [0.2, 0.25) is 0 Å². The van der Waals surface area contributed by atoms with Crippen molar-refractivity contribution in [3.05, 3.63) is 29.3 Å². The molecule has 0 amide bonds. The third-order valence-electron chi connectivity index (χ3n) is 3.00. The number of ether oxygens (including phenoxy) is 1. The van der Waals surface area contributed by atoms with Crippen molar-refractivity contribution in [1.29, 1.82) is 0 Å². The third-order valence-corrected chi connectivity index (χ3v) is 4.19. The number of aryl methyl sites for hydroxylation is 1. The number of sulfonamides is 1. The minimum absolute atomic E-state index is 0.0944. The van der Waals surface area contributed by atoms with Crippen LogP contribution in [0.15, 0.2) is 18.2 Å². The summed E-state index contributed by atoms with van der Waals surface area (Å²) in [4.78, 5) is 0. The molecular formula is C15H25NO3S. The second-order valence-electron chi connectivity index (χ2n) is 6.46. The topological polar surface area (TPSA) is 69.4 Å².